The first-order valence-corrected chi connectivity index (χ1v) is 7.74. The molecule has 5 heteroatoms. The Balaban J connectivity index is 2.07. The number of carbonyl (C=O) groups is 1. The quantitative estimate of drug-likeness (QED) is 0.793. The molecule has 0 aromatic heterocycles. The molecule has 1 saturated heterocycles. The van der Waals surface area contributed by atoms with Crippen LogP contribution < -0.4 is 0 Å². The molecular formula is C16H28O5. The summed E-state index contributed by atoms with van der Waals surface area (Å²) in [7, 11) is 0. The molecule has 1 saturated carbocycles. The minimum Gasteiger partial charge on any atom is -0.459 e. The van der Waals surface area contributed by atoms with Crippen LogP contribution in [0.1, 0.15) is 60.3 Å². The lowest BCUT2D eigenvalue weighted by atomic mass is 9.66. The van der Waals surface area contributed by atoms with E-state index in [9.17, 15) is 9.90 Å². The van der Waals surface area contributed by atoms with Gasteiger partial charge in [-0.2, -0.15) is 0 Å². The van der Waals surface area contributed by atoms with E-state index in [1.165, 1.54) is 0 Å². The number of hydrogen-bond donors (Lipinski definition) is 1. The summed E-state index contributed by atoms with van der Waals surface area (Å²) in [4.78, 5) is 12.5. The van der Waals surface area contributed by atoms with E-state index in [1.54, 1.807) is 13.8 Å². The summed E-state index contributed by atoms with van der Waals surface area (Å²) in [6.45, 7) is 10.2. The Morgan fingerprint density at radius 2 is 1.48 bits per heavy atom. The maximum Gasteiger partial charge on any atom is 0.314 e. The van der Waals surface area contributed by atoms with Gasteiger partial charge >= 0.3 is 5.97 Å². The summed E-state index contributed by atoms with van der Waals surface area (Å²) in [5.74, 6) is -0.905. The number of ether oxygens (including phenoxy) is 3. The van der Waals surface area contributed by atoms with Crippen molar-refractivity contribution in [2.75, 3.05) is 13.2 Å². The van der Waals surface area contributed by atoms with Gasteiger partial charge in [-0.15, -0.1) is 0 Å². The molecule has 0 atom stereocenters. The molecular weight excluding hydrogens is 272 g/mol. The number of rotatable bonds is 2. The Hall–Kier alpha value is -0.650. The summed E-state index contributed by atoms with van der Waals surface area (Å²) < 4.78 is 16.8. The maximum absolute atomic E-state index is 12.5. The molecule has 0 bridgehead atoms. The highest BCUT2D eigenvalue weighted by Crippen LogP contribution is 2.48. The van der Waals surface area contributed by atoms with E-state index in [0.29, 0.717) is 38.9 Å². The van der Waals surface area contributed by atoms with Gasteiger partial charge in [0.1, 0.15) is 5.60 Å². The lowest BCUT2D eigenvalue weighted by molar-refractivity contribution is -0.226. The van der Waals surface area contributed by atoms with Crippen molar-refractivity contribution < 1.29 is 24.1 Å². The van der Waals surface area contributed by atoms with E-state index in [1.807, 2.05) is 20.8 Å². The summed E-state index contributed by atoms with van der Waals surface area (Å²) in [6, 6.07) is 0. The van der Waals surface area contributed by atoms with Crippen LogP contribution in [0.25, 0.3) is 0 Å². The van der Waals surface area contributed by atoms with Gasteiger partial charge in [-0.1, -0.05) is 0 Å². The molecule has 21 heavy (non-hydrogen) atoms. The largest absolute Gasteiger partial charge is 0.459 e. The van der Waals surface area contributed by atoms with Crippen molar-refractivity contribution >= 4 is 5.97 Å². The van der Waals surface area contributed by atoms with Crippen LogP contribution in [0, 0.1) is 5.41 Å². The second-order valence-electron chi connectivity index (χ2n) is 7.77. The van der Waals surface area contributed by atoms with Crippen molar-refractivity contribution in [1.29, 1.82) is 0 Å². The van der Waals surface area contributed by atoms with E-state index in [2.05, 4.69) is 0 Å². The molecule has 2 rings (SSSR count). The van der Waals surface area contributed by atoms with Crippen molar-refractivity contribution in [1.82, 2.24) is 0 Å². The molecule has 0 unspecified atom stereocenters. The van der Waals surface area contributed by atoms with Gasteiger partial charge in [0.05, 0.1) is 24.2 Å². The van der Waals surface area contributed by atoms with Crippen LogP contribution in [-0.2, 0) is 19.0 Å². The summed E-state index contributed by atoms with van der Waals surface area (Å²) >= 11 is 0. The molecule has 0 amide bonds. The molecule has 0 aromatic carbocycles. The normalized spacial score (nSPS) is 25.0. The molecule has 1 aliphatic carbocycles. The molecule has 2 fully saturated rings. The van der Waals surface area contributed by atoms with Crippen LogP contribution in [-0.4, -0.2) is 41.3 Å². The second-order valence-corrected chi connectivity index (χ2v) is 7.77. The molecule has 1 spiro atoms. The molecule has 122 valence electrons. The van der Waals surface area contributed by atoms with Crippen LogP contribution in [0.3, 0.4) is 0 Å². The van der Waals surface area contributed by atoms with E-state index < -0.39 is 22.4 Å². The molecule has 1 aliphatic heterocycles. The Morgan fingerprint density at radius 3 is 1.90 bits per heavy atom. The first kappa shape index (κ1) is 16.7. The van der Waals surface area contributed by atoms with Crippen LogP contribution in [0.5, 0.6) is 0 Å². The van der Waals surface area contributed by atoms with Gasteiger partial charge < -0.3 is 19.3 Å². The zero-order chi connectivity index (χ0) is 15.9. The van der Waals surface area contributed by atoms with Gasteiger partial charge in [0.2, 0.25) is 0 Å². The number of carbonyl (C=O) groups excluding carboxylic acids is 1. The van der Waals surface area contributed by atoms with Crippen LogP contribution in [0.15, 0.2) is 0 Å². The van der Waals surface area contributed by atoms with Crippen LogP contribution in [0.2, 0.25) is 0 Å². The van der Waals surface area contributed by atoms with E-state index in [4.69, 9.17) is 14.2 Å². The summed E-state index contributed by atoms with van der Waals surface area (Å²) in [5, 5.41) is 11.0. The predicted octanol–water partition coefficient (Wildman–Crippen LogP) is 2.40. The fourth-order valence-electron chi connectivity index (χ4n) is 3.05. The van der Waals surface area contributed by atoms with Crippen molar-refractivity contribution in [3.05, 3.63) is 0 Å². The van der Waals surface area contributed by atoms with Crippen molar-refractivity contribution in [3.63, 3.8) is 0 Å². The van der Waals surface area contributed by atoms with E-state index >= 15 is 0 Å². The molecule has 5 nitrogen and oxygen atoms in total. The van der Waals surface area contributed by atoms with Crippen molar-refractivity contribution in [2.45, 2.75) is 77.3 Å². The maximum atomic E-state index is 12.5. The van der Waals surface area contributed by atoms with Gasteiger partial charge in [0.15, 0.2) is 5.79 Å². The Morgan fingerprint density at radius 1 is 1.00 bits per heavy atom. The third-order valence-electron chi connectivity index (χ3n) is 4.73. The molecule has 0 radical (unpaired) electrons. The Bertz CT molecular complexity index is 391. The minimum absolute atomic E-state index is 0.360. The van der Waals surface area contributed by atoms with E-state index in [-0.39, 0.29) is 5.97 Å². The van der Waals surface area contributed by atoms with Crippen molar-refractivity contribution in [3.8, 4) is 0 Å². The average Bonchev–Trinajstić information content (AvgIpc) is 2.80. The standard InChI is InChI=1S/C16H28O5/c1-13(2,3)21-12(17)14(4,5)15(18)6-8-16(9-7-15)19-10-11-20-16/h18H,6-11H2,1-5H3. The highest BCUT2D eigenvalue weighted by Gasteiger charge is 2.55. The SMILES string of the molecule is CC(C)(C)OC(=O)C(C)(C)C1(O)CCC2(CC1)OCCO2. The molecule has 2 aliphatic rings. The molecule has 0 aromatic rings. The fourth-order valence-corrected chi connectivity index (χ4v) is 3.05. The summed E-state index contributed by atoms with van der Waals surface area (Å²) in [5.41, 5.74) is -2.60. The second kappa shape index (κ2) is 5.21. The lowest BCUT2D eigenvalue weighted by Gasteiger charge is -2.47. The third kappa shape index (κ3) is 3.25. The van der Waals surface area contributed by atoms with E-state index in [0.717, 1.165) is 0 Å². The number of esters is 1. The minimum atomic E-state index is -1.09. The van der Waals surface area contributed by atoms with Gasteiger partial charge in [-0.05, 0) is 47.5 Å². The van der Waals surface area contributed by atoms with Crippen LogP contribution >= 0.6 is 0 Å². The zero-order valence-electron chi connectivity index (χ0n) is 13.8. The zero-order valence-corrected chi connectivity index (χ0v) is 13.8. The first-order chi connectivity index (χ1) is 9.50. The number of hydrogen-bond acceptors (Lipinski definition) is 5. The Kier molecular flexibility index (Phi) is 4.15. The predicted molar refractivity (Wildman–Crippen MR) is 77.7 cm³/mol. The molecule has 1 heterocycles. The first-order valence-electron chi connectivity index (χ1n) is 7.74. The highest BCUT2D eigenvalue weighted by molar-refractivity contribution is 5.78. The lowest BCUT2D eigenvalue weighted by Crippen LogP contribution is -2.56. The fraction of sp³-hybridized carbons (Fsp3) is 0.938. The average molecular weight is 300 g/mol. The van der Waals surface area contributed by atoms with Gasteiger partial charge in [-0.3, -0.25) is 4.79 Å². The molecule has 1 N–H and O–H groups in total. The topological polar surface area (TPSA) is 65.0 Å². The smallest absolute Gasteiger partial charge is 0.314 e. The monoisotopic (exact) mass is 300 g/mol. The van der Waals surface area contributed by atoms with Crippen molar-refractivity contribution in [2.24, 2.45) is 5.41 Å². The van der Waals surface area contributed by atoms with Gasteiger partial charge in [0.25, 0.3) is 0 Å². The van der Waals surface area contributed by atoms with Gasteiger partial charge in [-0.25, -0.2) is 0 Å². The highest BCUT2D eigenvalue weighted by atomic mass is 16.7. The third-order valence-corrected chi connectivity index (χ3v) is 4.73. The van der Waals surface area contributed by atoms with Crippen LogP contribution in [0.4, 0.5) is 0 Å². The number of aliphatic hydroxyl groups is 1. The summed E-state index contributed by atoms with van der Waals surface area (Å²) in [6.07, 6.45) is 2.16. The van der Waals surface area contributed by atoms with Gasteiger partial charge in [0, 0.05) is 12.8 Å². The Labute approximate surface area is 126 Å².